The molecule has 0 N–H and O–H groups in total. The van der Waals surface area contributed by atoms with E-state index < -0.39 is 5.54 Å². The van der Waals surface area contributed by atoms with Crippen molar-refractivity contribution >= 4 is 28.5 Å². The maximum Gasteiger partial charge on any atom is 0.256 e. The summed E-state index contributed by atoms with van der Waals surface area (Å²) in [5.74, 6) is 0.762. The molecule has 4 nitrogen and oxygen atoms in total. The lowest BCUT2D eigenvalue weighted by molar-refractivity contribution is 0.0487. The second-order valence-electron chi connectivity index (χ2n) is 6.27. The minimum Gasteiger partial charge on any atom is -0.467 e. The van der Waals surface area contributed by atoms with Gasteiger partial charge in [-0.05, 0) is 54.1 Å². The van der Waals surface area contributed by atoms with Crippen LogP contribution in [-0.4, -0.2) is 24.7 Å². The molecule has 3 rings (SSSR count). The van der Waals surface area contributed by atoms with E-state index in [4.69, 9.17) is 9.47 Å². The maximum absolute atomic E-state index is 13.1. The molecule has 2 aromatic rings. The Morgan fingerprint density at radius 1 is 1.17 bits per heavy atom. The first-order valence-electron chi connectivity index (χ1n) is 7.77. The van der Waals surface area contributed by atoms with E-state index in [1.807, 2.05) is 35.2 Å². The molecule has 1 aliphatic rings. The van der Waals surface area contributed by atoms with E-state index in [0.717, 1.165) is 20.3 Å². The highest BCUT2D eigenvalue weighted by Crippen LogP contribution is 2.40. The van der Waals surface area contributed by atoms with E-state index in [2.05, 4.69) is 48.6 Å². The van der Waals surface area contributed by atoms with Gasteiger partial charge in [-0.1, -0.05) is 30.3 Å². The van der Waals surface area contributed by atoms with Crippen LogP contribution in [0.15, 0.2) is 42.5 Å². The van der Waals surface area contributed by atoms with Crippen LogP contribution in [0, 0.1) is 3.57 Å². The normalized spacial score (nSPS) is 14.0. The molecule has 0 bridgehead atoms. The van der Waals surface area contributed by atoms with Gasteiger partial charge in [-0.3, -0.25) is 4.79 Å². The number of amides is 1. The lowest BCUT2D eigenvalue weighted by Gasteiger charge is -2.36. The molecule has 5 heteroatoms. The fourth-order valence-corrected chi connectivity index (χ4v) is 3.80. The molecule has 0 radical (unpaired) electrons. The molecule has 0 saturated heterocycles. The number of rotatable bonds is 5. The van der Waals surface area contributed by atoms with Crippen molar-refractivity contribution in [1.82, 2.24) is 4.90 Å². The number of benzene rings is 2. The zero-order valence-corrected chi connectivity index (χ0v) is 16.2. The first-order valence-corrected chi connectivity index (χ1v) is 8.85. The van der Waals surface area contributed by atoms with E-state index in [1.165, 1.54) is 0 Å². The topological polar surface area (TPSA) is 38.8 Å². The number of carbonyl (C=O) groups is 1. The first kappa shape index (κ1) is 17.2. The average molecular weight is 437 g/mol. The van der Waals surface area contributed by atoms with Crippen LogP contribution < -0.4 is 4.74 Å². The number of halogens is 1. The van der Waals surface area contributed by atoms with Gasteiger partial charge in [0.1, 0.15) is 5.75 Å². The highest BCUT2D eigenvalue weighted by Gasteiger charge is 2.41. The highest BCUT2D eigenvalue weighted by atomic mass is 127. The maximum atomic E-state index is 13.1. The van der Waals surface area contributed by atoms with Crippen LogP contribution in [0.5, 0.6) is 5.75 Å². The third-order valence-electron chi connectivity index (χ3n) is 4.48. The van der Waals surface area contributed by atoms with Crippen molar-refractivity contribution in [3.63, 3.8) is 0 Å². The summed E-state index contributed by atoms with van der Waals surface area (Å²) in [5.41, 5.74) is 2.39. The van der Waals surface area contributed by atoms with Gasteiger partial charge in [0.05, 0.1) is 17.6 Å². The van der Waals surface area contributed by atoms with Crippen molar-refractivity contribution in [2.24, 2.45) is 0 Å². The number of hydrogen-bond donors (Lipinski definition) is 0. The molecular weight excluding hydrogens is 417 g/mol. The van der Waals surface area contributed by atoms with E-state index >= 15 is 0 Å². The molecule has 0 unspecified atom stereocenters. The minimum atomic E-state index is -0.404. The van der Waals surface area contributed by atoms with Gasteiger partial charge < -0.3 is 14.4 Å². The van der Waals surface area contributed by atoms with Gasteiger partial charge in [-0.15, -0.1) is 0 Å². The van der Waals surface area contributed by atoms with E-state index in [9.17, 15) is 4.79 Å². The lowest BCUT2D eigenvalue weighted by atomic mass is 9.92. The minimum absolute atomic E-state index is 0.0473. The van der Waals surface area contributed by atoms with Crippen LogP contribution in [0.3, 0.4) is 0 Å². The van der Waals surface area contributed by atoms with Crippen molar-refractivity contribution in [3.05, 3.63) is 62.7 Å². The van der Waals surface area contributed by atoms with Crippen molar-refractivity contribution < 1.29 is 14.3 Å². The van der Waals surface area contributed by atoms with Crippen LogP contribution >= 0.6 is 22.6 Å². The van der Waals surface area contributed by atoms with Gasteiger partial charge in [0.2, 0.25) is 0 Å². The number of hydrogen-bond acceptors (Lipinski definition) is 3. The molecule has 0 atom stereocenters. The Hall–Kier alpha value is -1.60. The average Bonchev–Trinajstić information content (AvgIpc) is 2.94. The van der Waals surface area contributed by atoms with Crippen molar-refractivity contribution in [2.75, 3.05) is 13.9 Å². The summed E-state index contributed by atoms with van der Waals surface area (Å²) in [6.45, 7) is 4.86. The fourth-order valence-electron chi connectivity index (χ4n) is 3.06. The number of carbonyl (C=O) groups excluding carboxylic acids is 1. The SMILES string of the molecule is COCOc1ccc(I)c2c1CN(C(C)(C)c1ccccc1)C2=O. The summed E-state index contributed by atoms with van der Waals surface area (Å²) in [6.07, 6.45) is 0. The quantitative estimate of drug-likeness (QED) is 0.521. The van der Waals surface area contributed by atoms with Crippen molar-refractivity contribution in [2.45, 2.75) is 25.9 Å². The molecule has 2 aromatic carbocycles. The molecule has 0 fully saturated rings. The van der Waals surface area contributed by atoms with Crippen LogP contribution in [0.2, 0.25) is 0 Å². The largest absolute Gasteiger partial charge is 0.467 e. The molecule has 24 heavy (non-hydrogen) atoms. The predicted molar refractivity (Wildman–Crippen MR) is 101 cm³/mol. The number of methoxy groups -OCH3 is 1. The van der Waals surface area contributed by atoms with Crippen molar-refractivity contribution in [1.29, 1.82) is 0 Å². The smallest absolute Gasteiger partial charge is 0.256 e. The van der Waals surface area contributed by atoms with Gasteiger partial charge in [0.25, 0.3) is 5.91 Å². The van der Waals surface area contributed by atoms with Crippen LogP contribution in [0.25, 0.3) is 0 Å². The number of nitrogens with zero attached hydrogens (tertiary/aromatic N) is 1. The summed E-state index contributed by atoms with van der Waals surface area (Å²) in [6, 6.07) is 13.9. The van der Waals surface area contributed by atoms with Crippen LogP contribution in [-0.2, 0) is 16.8 Å². The predicted octanol–water partition coefficient (Wildman–Crippen LogP) is 4.17. The summed E-state index contributed by atoms with van der Waals surface area (Å²) >= 11 is 2.21. The second-order valence-corrected chi connectivity index (χ2v) is 7.43. The summed E-state index contributed by atoms with van der Waals surface area (Å²) in [7, 11) is 1.59. The molecule has 0 aromatic heterocycles. The molecule has 0 saturated carbocycles. The van der Waals surface area contributed by atoms with Gasteiger partial charge in [-0.25, -0.2) is 0 Å². The molecule has 126 valence electrons. The van der Waals surface area contributed by atoms with Crippen molar-refractivity contribution in [3.8, 4) is 5.75 Å². The zero-order valence-electron chi connectivity index (χ0n) is 14.0. The molecular formula is C19H20INO3. The third kappa shape index (κ3) is 2.91. The summed E-state index contributed by atoms with van der Waals surface area (Å²) in [4.78, 5) is 15.0. The Balaban J connectivity index is 2.00. The van der Waals surface area contributed by atoms with Gasteiger partial charge in [0, 0.05) is 16.2 Å². The lowest BCUT2D eigenvalue weighted by Crippen LogP contribution is -2.41. The Morgan fingerprint density at radius 2 is 1.88 bits per heavy atom. The second kappa shape index (κ2) is 6.72. The number of ether oxygens (including phenoxy) is 2. The highest BCUT2D eigenvalue weighted by molar-refractivity contribution is 14.1. The van der Waals surface area contributed by atoms with Crippen LogP contribution in [0.1, 0.15) is 35.3 Å². The van der Waals surface area contributed by atoms with Gasteiger partial charge in [-0.2, -0.15) is 0 Å². The van der Waals surface area contributed by atoms with E-state index in [-0.39, 0.29) is 12.7 Å². The summed E-state index contributed by atoms with van der Waals surface area (Å²) < 4.78 is 11.6. The molecule has 0 spiro atoms. The standard InChI is InChI=1S/C19H20INO3/c1-19(2,13-7-5-4-6-8-13)21-11-14-16(24-12-23-3)10-9-15(20)17(14)18(21)22/h4-10H,11-12H2,1-3H3. The number of fused-ring (bicyclic) bond motifs is 1. The molecule has 1 aliphatic heterocycles. The molecule has 1 heterocycles. The Morgan fingerprint density at radius 3 is 2.54 bits per heavy atom. The molecule has 1 amide bonds. The van der Waals surface area contributed by atoms with Gasteiger partial charge in [0.15, 0.2) is 6.79 Å². The Bertz CT molecular complexity index is 759. The fraction of sp³-hybridized carbons (Fsp3) is 0.316. The molecule has 0 aliphatic carbocycles. The van der Waals surface area contributed by atoms with Crippen LogP contribution in [0.4, 0.5) is 0 Å². The zero-order chi connectivity index (χ0) is 17.3. The van der Waals surface area contributed by atoms with E-state index in [1.54, 1.807) is 7.11 Å². The summed E-state index contributed by atoms with van der Waals surface area (Å²) in [5, 5.41) is 0. The van der Waals surface area contributed by atoms with E-state index in [0.29, 0.717) is 12.3 Å². The first-order chi connectivity index (χ1) is 11.5. The van der Waals surface area contributed by atoms with Gasteiger partial charge >= 0.3 is 0 Å². The third-order valence-corrected chi connectivity index (χ3v) is 5.38. The monoisotopic (exact) mass is 437 g/mol. The Kier molecular flexibility index (Phi) is 4.83. The Labute approximate surface area is 155 Å².